The first kappa shape index (κ1) is 34.5. The van der Waals surface area contributed by atoms with Crippen molar-refractivity contribution >= 4 is 40.1 Å². The van der Waals surface area contributed by atoms with Gasteiger partial charge < -0.3 is 49.0 Å². The molecular weight excluding hydrogens is 648 g/mol. The minimum atomic E-state index is -1.56. The van der Waals surface area contributed by atoms with Crippen LogP contribution < -0.4 is 15.7 Å². The number of amides is 1. The largest absolute Gasteiger partial charge is 0.508 e. The second kappa shape index (κ2) is 13.7. The van der Waals surface area contributed by atoms with Crippen LogP contribution in [0.1, 0.15) is 54.1 Å². The van der Waals surface area contributed by atoms with E-state index in [0.29, 0.717) is 12.0 Å². The molecular formula is C34H35ClN2O11. The lowest BCUT2D eigenvalue weighted by Crippen LogP contribution is -2.65. The predicted octanol–water partition coefficient (Wildman–Crippen LogP) is 5.06. The fourth-order valence-electron chi connectivity index (χ4n) is 5.37. The normalized spacial score (nSPS) is 20.2. The molecule has 48 heavy (non-hydrogen) atoms. The van der Waals surface area contributed by atoms with Crippen molar-refractivity contribution in [1.29, 1.82) is 0 Å². The van der Waals surface area contributed by atoms with Crippen LogP contribution in [0.4, 0.5) is 5.69 Å². The lowest BCUT2D eigenvalue weighted by Gasteiger charge is -2.47. The fraction of sp³-hybridized carbons (Fsp3) is 0.324. The third kappa shape index (κ3) is 6.90. The number of aromatic hydroxyl groups is 2. The van der Waals surface area contributed by atoms with Crippen LogP contribution in [0.5, 0.6) is 17.2 Å². The summed E-state index contributed by atoms with van der Waals surface area (Å²) in [5.41, 5.74) is -1.22. The summed E-state index contributed by atoms with van der Waals surface area (Å²) in [7, 11) is 1.39. The maximum atomic E-state index is 13.1. The van der Waals surface area contributed by atoms with Gasteiger partial charge in [-0.2, -0.15) is 0 Å². The van der Waals surface area contributed by atoms with Crippen LogP contribution in [0.3, 0.4) is 0 Å². The van der Waals surface area contributed by atoms with Crippen LogP contribution in [0.15, 0.2) is 69.5 Å². The van der Waals surface area contributed by atoms with Gasteiger partial charge in [-0.1, -0.05) is 23.3 Å². The first-order valence-corrected chi connectivity index (χ1v) is 15.2. The molecule has 4 atom stereocenters. The Labute approximate surface area is 279 Å². The molecule has 1 fully saturated rings. The van der Waals surface area contributed by atoms with Gasteiger partial charge in [-0.3, -0.25) is 4.79 Å². The number of halogens is 1. The maximum Gasteiger partial charge on any atom is 0.364 e. The van der Waals surface area contributed by atoms with Crippen molar-refractivity contribution in [2.75, 3.05) is 12.4 Å². The SMILES string of the molecule is CO[C@H]1[C@@H](OC(=O)c2ccc[nH]2)[C@@H](O)[C@H](Oc2ccc3c(O)c(NC(=O)c4ccc(O)c(CC=C(C)C)c4)c(=O)oc3c2Cl)OC1(C)C. The number of benzene rings is 2. The molecule has 0 aliphatic carbocycles. The van der Waals surface area contributed by atoms with E-state index in [2.05, 4.69) is 10.3 Å². The summed E-state index contributed by atoms with van der Waals surface area (Å²) >= 11 is 6.57. The number of phenols is 1. The number of fused-ring (bicyclic) bond motifs is 1. The number of hydrogen-bond acceptors (Lipinski definition) is 11. The minimum absolute atomic E-state index is 0.00566. The highest BCUT2D eigenvalue weighted by Gasteiger charge is 2.53. The molecule has 2 aromatic heterocycles. The number of rotatable bonds is 9. The van der Waals surface area contributed by atoms with Crippen LogP contribution in [0.2, 0.25) is 5.02 Å². The van der Waals surface area contributed by atoms with Crippen LogP contribution in [0.25, 0.3) is 11.0 Å². The van der Waals surface area contributed by atoms with Crippen LogP contribution in [0, 0.1) is 0 Å². The molecule has 5 rings (SSSR count). The topological polar surface area (TPSA) is 190 Å². The Kier molecular flexibility index (Phi) is 9.87. The summed E-state index contributed by atoms with van der Waals surface area (Å²) in [6.45, 7) is 7.14. The Balaban J connectivity index is 1.40. The Morgan fingerprint density at radius 1 is 1.15 bits per heavy atom. The van der Waals surface area contributed by atoms with E-state index in [1.54, 1.807) is 26.1 Å². The number of nitrogens with one attached hydrogen (secondary N) is 2. The van der Waals surface area contributed by atoms with E-state index in [1.807, 2.05) is 19.9 Å². The van der Waals surface area contributed by atoms with E-state index < -0.39 is 59.1 Å². The van der Waals surface area contributed by atoms with Crippen molar-refractivity contribution in [2.24, 2.45) is 0 Å². The zero-order valence-corrected chi connectivity index (χ0v) is 27.5. The first-order valence-electron chi connectivity index (χ1n) is 14.9. The van der Waals surface area contributed by atoms with Gasteiger partial charge in [0, 0.05) is 18.9 Å². The highest BCUT2D eigenvalue weighted by Crippen LogP contribution is 2.41. The van der Waals surface area contributed by atoms with Gasteiger partial charge in [-0.25, -0.2) is 9.59 Å². The van der Waals surface area contributed by atoms with Crippen molar-refractivity contribution in [3.05, 3.63) is 92.6 Å². The molecule has 14 heteroatoms. The number of carbonyl (C=O) groups excluding carboxylic acids is 2. The lowest BCUT2D eigenvalue weighted by molar-refractivity contribution is -0.305. The third-order valence-corrected chi connectivity index (χ3v) is 8.20. The number of methoxy groups -OCH3 is 1. The molecule has 3 heterocycles. The van der Waals surface area contributed by atoms with Gasteiger partial charge in [0.05, 0.1) is 11.0 Å². The number of anilines is 1. The number of aliphatic hydroxyl groups is 1. The quantitative estimate of drug-likeness (QED) is 0.0901. The molecule has 0 spiro atoms. The number of phenolic OH excluding ortho intramolecular Hbond substituents is 1. The second-order valence-electron chi connectivity index (χ2n) is 12.0. The molecule has 13 nitrogen and oxygen atoms in total. The van der Waals surface area contributed by atoms with Crippen molar-refractivity contribution in [3.63, 3.8) is 0 Å². The van der Waals surface area contributed by atoms with Gasteiger partial charge in [0.15, 0.2) is 29.2 Å². The van der Waals surface area contributed by atoms with E-state index in [-0.39, 0.29) is 38.7 Å². The number of esters is 1. The van der Waals surface area contributed by atoms with Gasteiger partial charge in [-0.15, -0.1) is 0 Å². The van der Waals surface area contributed by atoms with Crippen molar-refractivity contribution in [3.8, 4) is 17.2 Å². The molecule has 2 aromatic carbocycles. The lowest BCUT2D eigenvalue weighted by atomic mass is 9.89. The molecule has 4 aromatic rings. The number of ether oxygens (including phenoxy) is 4. The number of aromatic nitrogens is 1. The van der Waals surface area contributed by atoms with Crippen LogP contribution in [-0.4, -0.2) is 69.5 Å². The molecule has 0 bridgehead atoms. The number of allylic oxidation sites excluding steroid dienone is 2. The van der Waals surface area contributed by atoms with Gasteiger partial charge in [0.2, 0.25) is 6.29 Å². The van der Waals surface area contributed by atoms with Crippen molar-refractivity contribution < 1.29 is 48.3 Å². The van der Waals surface area contributed by atoms with Gasteiger partial charge in [-0.05, 0) is 82.1 Å². The molecule has 0 saturated carbocycles. The molecule has 1 amide bonds. The second-order valence-corrected chi connectivity index (χ2v) is 12.3. The smallest absolute Gasteiger partial charge is 0.364 e. The Bertz CT molecular complexity index is 1930. The zero-order valence-electron chi connectivity index (χ0n) is 26.7. The molecule has 1 aliphatic rings. The van der Waals surface area contributed by atoms with E-state index in [4.69, 9.17) is 35.0 Å². The first-order chi connectivity index (χ1) is 22.7. The molecule has 1 aliphatic heterocycles. The Hall–Kier alpha value is -4.82. The molecule has 0 unspecified atom stereocenters. The molecule has 0 radical (unpaired) electrons. The van der Waals surface area contributed by atoms with Crippen molar-refractivity contribution in [1.82, 2.24) is 4.98 Å². The summed E-state index contributed by atoms with van der Waals surface area (Å²) in [5.74, 6) is -2.16. The molecule has 5 N–H and O–H groups in total. The third-order valence-electron chi connectivity index (χ3n) is 7.84. The van der Waals surface area contributed by atoms with E-state index in [0.717, 1.165) is 5.57 Å². The van der Waals surface area contributed by atoms with Crippen molar-refractivity contribution in [2.45, 2.75) is 64.3 Å². The summed E-state index contributed by atoms with van der Waals surface area (Å²) < 4.78 is 28.5. The number of aromatic amines is 1. The fourth-order valence-corrected chi connectivity index (χ4v) is 5.62. The van der Waals surface area contributed by atoms with Crippen LogP contribution >= 0.6 is 11.6 Å². The van der Waals surface area contributed by atoms with E-state index >= 15 is 0 Å². The maximum absolute atomic E-state index is 13.1. The van der Waals surface area contributed by atoms with Gasteiger partial charge in [0.25, 0.3) is 5.91 Å². The highest BCUT2D eigenvalue weighted by atomic mass is 35.5. The predicted molar refractivity (Wildman–Crippen MR) is 175 cm³/mol. The number of aliphatic hydroxyl groups excluding tert-OH is 1. The zero-order chi connectivity index (χ0) is 34.9. The Morgan fingerprint density at radius 2 is 1.90 bits per heavy atom. The van der Waals surface area contributed by atoms with Gasteiger partial charge >= 0.3 is 11.6 Å². The van der Waals surface area contributed by atoms with E-state index in [1.165, 1.54) is 43.5 Å². The number of hydrogen-bond donors (Lipinski definition) is 5. The average molecular weight is 683 g/mol. The summed E-state index contributed by atoms with van der Waals surface area (Å²) in [6.07, 6.45) is -1.31. The summed E-state index contributed by atoms with van der Waals surface area (Å²) in [6, 6.07) is 10.0. The average Bonchev–Trinajstić information content (AvgIpc) is 3.58. The van der Waals surface area contributed by atoms with Crippen LogP contribution in [-0.2, 0) is 20.6 Å². The minimum Gasteiger partial charge on any atom is -0.508 e. The summed E-state index contributed by atoms with van der Waals surface area (Å²) in [4.78, 5) is 41.6. The molecule has 254 valence electrons. The Morgan fingerprint density at radius 3 is 2.56 bits per heavy atom. The highest BCUT2D eigenvalue weighted by molar-refractivity contribution is 6.36. The summed E-state index contributed by atoms with van der Waals surface area (Å²) in [5, 5.41) is 34.5. The van der Waals surface area contributed by atoms with Gasteiger partial charge in [0.1, 0.15) is 28.3 Å². The molecule has 1 saturated heterocycles. The monoisotopic (exact) mass is 682 g/mol. The van der Waals surface area contributed by atoms with E-state index in [9.17, 15) is 29.7 Å². The standard InChI is InChI=1S/C34H35ClN2O11/c1-16(2)8-9-17-15-18(10-12-21(17)38)30(41)37-24-25(39)19-11-13-22(23(35)27(19)46-32(24)43)45-33-26(40)28(29(44-5)34(3,4)48-33)47-31(42)20-7-6-14-36-20/h6-8,10-15,26,28-29,33,36,38-40H,9H2,1-5H3,(H,37,41)/t26-,28+,29+,33-/m1/s1. The number of carbonyl (C=O) groups is 2. The number of H-pyrrole nitrogens is 1.